The van der Waals surface area contributed by atoms with Gasteiger partial charge in [0.1, 0.15) is 0 Å². The first-order chi connectivity index (χ1) is 12.8. The third-order valence-corrected chi connectivity index (χ3v) is 4.95. The van der Waals surface area contributed by atoms with Crippen LogP contribution in [0.4, 0.5) is 5.95 Å². The van der Waals surface area contributed by atoms with Gasteiger partial charge in [-0.2, -0.15) is 0 Å². The molecule has 1 aliphatic rings. The van der Waals surface area contributed by atoms with E-state index in [1.807, 2.05) is 6.07 Å². The molecule has 4 aromatic rings. The molecule has 0 radical (unpaired) electrons. The number of benzene rings is 3. The quantitative estimate of drug-likeness (QED) is 0.531. The van der Waals surface area contributed by atoms with Gasteiger partial charge >= 0.3 is 0 Å². The monoisotopic (exact) mass is 337 g/mol. The van der Waals surface area contributed by atoms with Crippen molar-refractivity contribution < 1.29 is 0 Å². The Morgan fingerprint density at radius 1 is 0.846 bits per heavy atom. The summed E-state index contributed by atoms with van der Waals surface area (Å²) < 4.78 is 2.28. The molecule has 3 heteroatoms. The van der Waals surface area contributed by atoms with Crippen LogP contribution in [0.3, 0.4) is 0 Å². The lowest BCUT2D eigenvalue weighted by molar-refractivity contribution is 0.720. The van der Waals surface area contributed by atoms with Crippen LogP contribution in [-0.2, 0) is 0 Å². The maximum Gasteiger partial charge on any atom is 0.209 e. The summed E-state index contributed by atoms with van der Waals surface area (Å²) >= 11 is 0. The van der Waals surface area contributed by atoms with Gasteiger partial charge in [0.05, 0.1) is 17.1 Å². The molecule has 5 rings (SSSR count). The minimum atomic E-state index is 0.108. The van der Waals surface area contributed by atoms with Crippen LogP contribution in [0, 0.1) is 6.92 Å². The predicted octanol–water partition coefficient (Wildman–Crippen LogP) is 5.40. The predicted molar refractivity (Wildman–Crippen MR) is 107 cm³/mol. The van der Waals surface area contributed by atoms with E-state index in [1.165, 1.54) is 16.7 Å². The van der Waals surface area contributed by atoms with E-state index in [2.05, 4.69) is 95.7 Å². The van der Waals surface area contributed by atoms with Crippen molar-refractivity contribution >= 4 is 22.7 Å². The molecule has 0 spiro atoms. The molecule has 2 heterocycles. The molecule has 0 fully saturated rings. The van der Waals surface area contributed by atoms with Crippen LogP contribution in [0.15, 0.2) is 84.9 Å². The molecule has 3 aromatic carbocycles. The largest absolute Gasteiger partial charge is 0.325 e. The molecular formula is C23H19N3. The van der Waals surface area contributed by atoms with Gasteiger partial charge in [-0.1, -0.05) is 72.3 Å². The van der Waals surface area contributed by atoms with Crippen molar-refractivity contribution in [2.24, 2.45) is 0 Å². The van der Waals surface area contributed by atoms with E-state index < -0.39 is 0 Å². The molecule has 0 aliphatic carbocycles. The zero-order valence-corrected chi connectivity index (χ0v) is 14.6. The van der Waals surface area contributed by atoms with Crippen LogP contribution in [0.25, 0.3) is 16.7 Å². The number of rotatable bonds is 2. The lowest BCUT2D eigenvalue weighted by atomic mass is 10.0. The molecule has 3 nitrogen and oxygen atoms in total. The molecule has 1 aromatic heterocycles. The maximum atomic E-state index is 4.83. The molecule has 0 saturated heterocycles. The number of allylic oxidation sites excluding steroid dienone is 1. The zero-order chi connectivity index (χ0) is 17.5. The maximum absolute atomic E-state index is 4.83. The van der Waals surface area contributed by atoms with E-state index in [-0.39, 0.29) is 6.04 Å². The number of aromatic nitrogens is 2. The van der Waals surface area contributed by atoms with Crippen molar-refractivity contribution in [3.63, 3.8) is 0 Å². The Bertz CT molecular complexity index is 1110. The first kappa shape index (κ1) is 15.0. The van der Waals surface area contributed by atoms with Gasteiger partial charge in [0.2, 0.25) is 5.95 Å². The molecule has 1 aliphatic heterocycles. The highest BCUT2D eigenvalue weighted by Gasteiger charge is 2.24. The number of para-hydroxylation sites is 2. The Morgan fingerprint density at radius 2 is 1.58 bits per heavy atom. The highest BCUT2D eigenvalue weighted by molar-refractivity contribution is 5.85. The van der Waals surface area contributed by atoms with Crippen molar-refractivity contribution in [3.8, 4) is 0 Å². The molecule has 0 bridgehead atoms. The summed E-state index contributed by atoms with van der Waals surface area (Å²) in [5, 5.41) is 3.53. The number of anilines is 1. The van der Waals surface area contributed by atoms with Gasteiger partial charge in [-0.05, 0) is 36.3 Å². The second kappa shape index (κ2) is 5.88. The third kappa shape index (κ3) is 2.40. The zero-order valence-electron chi connectivity index (χ0n) is 14.6. The summed E-state index contributed by atoms with van der Waals surface area (Å²) in [6.07, 6.45) is 2.29. The highest BCUT2D eigenvalue weighted by atomic mass is 15.2. The fourth-order valence-electron chi connectivity index (χ4n) is 3.61. The number of nitrogens with one attached hydrogen (secondary N) is 1. The summed E-state index contributed by atoms with van der Waals surface area (Å²) in [4.78, 5) is 4.83. The summed E-state index contributed by atoms with van der Waals surface area (Å²) in [5.41, 5.74) is 6.94. The van der Waals surface area contributed by atoms with Gasteiger partial charge < -0.3 is 5.32 Å². The Labute approximate surface area is 152 Å². The highest BCUT2D eigenvalue weighted by Crippen LogP contribution is 2.36. The van der Waals surface area contributed by atoms with Gasteiger partial charge in [0.15, 0.2) is 0 Å². The van der Waals surface area contributed by atoms with Gasteiger partial charge in [-0.25, -0.2) is 4.98 Å². The van der Waals surface area contributed by atoms with E-state index in [0.29, 0.717) is 0 Å². The summed E-state index contributed by atoms with van der Waals surface area (Å²) in [7, 11) is 0. The van der Waals surface area contributed by atoms with E-state index >= 15 is 0 Å². The Kier molecular flexibility index (Phi) is 3.39. The summed E-state index contributed by atoms with van der Waals surface area (Å²) in [5.74, 6) is 0.887. The normalized spacial score (nSPS) is 16.0. The Balaban J connectivity index is 1.72. The summed E-state index contributed by atoms with van der Waals surface area (Å²) in [6, 6.07) is 27.6. The van der Waals surface area contributed by atoms with Crippen molar-refractivity contribution in [3.05, 3.63) is 102 Å². The second-order valence-corrected chi connectivity index (χ2v) is 6.72. The first-order valence-electron chi connectivity index (χ1n) is 8.87. The average Bonchev–Trinajstić information content (AvgIpc) is 3.07. The van der Waals surface area contributed by atoms with Crippen molar-refractivity contribution in [1.82, 2.24) is 9.55 Å². The van der Waals surface area contributed by atoms with Crippen molar-refractivity contribution in [2.75, 3.05) is 5.32 Å². The van der Waals surface area contributed by atoms with E-state index in [0.717, 1.165) is 22.7 Å². The Morgan fingerprint density at radius 3 is 2.38 bits per heavy atom. The number of hydrogen-bond acceptors (Lipinski definition) is 2. The number of imidazole rings is 1. The van der Waals surface area contributed by atoms with Gasteiger partial charge in [-0.3, -0.25) is 4.57 Å². The van der Waals surface area contributed by atoms with Gasteiger partial charge in [-0.15, -0.1) is 0 Å². The third-order valence-electron chi connectivity index (χ3n) is 4.95. The van der Waals surface area contributed by atoms with Crippen molar-refractivity contribution in [1.29, 1.82) is 0 Å². The van der Waals surface area contributed by atoms with Crippen LogP contribution in [0.2, 0.25) is 0 Å². The summed E-state index contributed by atoms with van der Waals surface area (Å²) in [6.45, 7) is 2.11. The van der Waals surface area contributed by atoms with Crippen LogP contribution in [0.1, 0.15) is 22.7 Å². The number of fused-ring (bicyclic) bond motifs is 3. The second-order valence-electron chi connectivity index (χ2n) is 6.72. The van der Waals surface area contributed by atoms with E-state index in [4.69, 9.17) is 4.98 Å². The van der Waals surface area contributed by atoms with Crippen LogP contribution in [0.5, 0.6) is 0 Å². The molecule has 0 saturated carbocycles. The molecule has 126 valence electrons. The number of hydrogen-bond donors (Lipinski definition) is 1. The minimum Gasteiger partial charge on any atom is -0.325 e. The molecule has 1 N–H and O–H groups in total. The lowest BCUT2D eigenvalue weighted by Crippen LogP contribution is -2.19. The molecule has 0 unspecified atom stereocenters. The fraction of sp³-hybridized carbons (Fsp3) is 0.0870. The van der Waals surface area contributed by atoms with Gasteiger partial charge in [0, 0.05) is 5.70 Å². The topological polar surface area (TPSA) is 29.9 Å². The standard InChI is InChI=1S/C23H19N3/c1-16-11-13-17(14-12-16)20-15-22(18-7-3-2-4-8-18)26-21-10-6-5-9-19(21)24-23(26)25-20/h2-15,22H,1H3,(H,24,25)/t22-/m0/s1. The SMILES string of the molecule is Cc1ccc(C2=C[C@@H](c3ccccc3)n3c(nc4ccccc43)N2)cc1. The van der Waals surface area contributed by atoms with Crippen LogP contribution in [-0.4, -0.2) is 9.55 Å². The van der Waals surface area contributed by atoms with Gasteiger partial charge in [0.25, 0.3) is 0 Å². The average molecular weight is 337 g/mol. The number of aryl methyl sites for hydroxylation is 1. The van der Waals surface area contributed by atoms with E-state index in [9.17, 15) is 0 Å². The molecular weight excluding hydrogens is 318 g/mol. The Hall–Kier alpha value is -3.33. The molecule has 26 heavy (non-hydrogen) atoms. The minimum absolute atomic E-state index is 0.108. The smallest absolute Gasteiger partial charge is 0.209 e. The fourth-order valence-corrected chi connectivity index (χ4v) is 3.61. The number of nitrogens with zero attached hydrogens (tertiary/aromatic N) is 2. The van der Waals surface area contributed by atoms with E-state index in [1.54, 1.807) is 0 Å². The molecule has 1 atom stereocenters. The van der Waals surface area contributed by atoms with Crippen molar-refractivity contribution in [2.45, 2.75) is 13.0 Å². The molecule has 0 amide bonds. The van der Waals surface area contributed by atoms with Crippen LogP contribution < -0.4 is 5.32 Å². The first-order valence-corrected chi connectivity index (χ1v) is 8.87. The van der Waals surface area contributed by atoms with Crippen LogP contribution >= 0.6 is 0 Å². The lowest BCUT2D eigenvalue weighted by Gasteiger charge is -2.26.